The van der Waals surface area contributed by atoms with E-state index in [1.165, 1.54) is 0 Å². The van der Waals surface area contributed by atoms with Crippen LogP contribution in [0.5, 0.6) is 0 Å². The number of carbonyl (C=O) groups is 1. The van der Waals surface area contributed by atoms with Gasteiger partial charge < -0.3 is 0 Å². The van der Waals surface area contributed by atoms with Crippen LogP contribution in [0, 0.1) is 6.92 Å². The molecule has 0 aliphatic carbocycles. The van der Waals surface area contributed by atoms with E-state index >= 15 is 0 Å². The van der Waals surface area contributed by atoms with E-state index in [1.807, 2.05) is 45.2 Å². The summed E-state index contributed by atoms with van der Waals surface area (Å²) in [4.78, 5) is 11.3. The van der Waals surface area contributed by atoms with Crippen LogP contribution in [0.25, 0.3) is 5.52 Å². The molecule has 2 aromatic rings. The monoisotopic (exact) mass is 204 g/mol. The summed E-state index contributed by atoms with van der Waals surface area (Å²) in [5, 5.41) is 4.23. The Morgan fingerprint density at radius 1 is 1.33 bits per heavy atom. The van der Waals surface area contributed by atoms with Crippen LogP contribution in [0.4, 0.5) is 0 Å². The fourth-order valence-corrected chi connectivity index (χ4v) is 1.55. The highest BCUT2D eigenvalue weighted by atomic mass is 16.1. The predicted octanol–water partition coefficient (Wildman–Crippen LogP) is 2.87. The smallest absolute Gasteiger partial charge is 0.163 e. The standard InChI is InChI=1S/C10H10N2O.C2H6/c1-7-10(8(2)13)9-5-3-4-6-12(9)11-7;1-2/h3-6H,1-2H3;1-2H3. The number of carbonyl (C=O) groups excluding carboxylic acids is 1. The van der Waals surface area contributed by atoms with Gasteiger partial charge in [0.05, 0.1) is 16.8 Å². The van der Waals surface area contributed by atoms with E-state index in [9.17, 15) is 4.79 Å². The minimum Gasteiger partial charge on any atom is -0.294 e. The Balaban J connectivity index is 0.000000531. The first-order valence-corrected chi connectivity index (χ1v) is 5.15. The molecule has 0 atom stereocenters. The lowest BCUT2D eigenvalue weighted by Gasteiger charge is -1.92. The molecular weight excluding hydrogens is 188 g/mol. The summed E-state index contributed by atoms with van der Waals surface area (Å²) < 4.78 is 1.73. The number of Topliss-reactive ketones (excluding diaryl/α,β-unsaturated/α-hetero) is 1. The van der Waals surface area contributed by atoms with E-state index in [4.69, 9.17) is 0 Å². The van der Waals surface area contributed by atoms with Gasteiger partial charge in [-0.15, -0.1) is 0 Å². The lowest BCUT2D eigenvalue weighted by molar-refractivity contribution is 0.101. The topological polar surface area (TPSA) is 34.4 Å². The third-order valence-corrected chi connectivity index (χ3v) is 2.07. The molecule has 0 saturated heterocycles. The normalized spacial score (nSPS) is 9.60. The molecule has 3 heteroatoms. The number of aryl methyl sites for hydroxylation is 1. The van der Waals surface area contributed by atoms with E-state index in [2.05, 4.69) is 5.10 Å². The molecule has 3 nitrogen and oxygen atoms in total. The zero-order chi connectivity index (χ0) is 11.4. The summed E-state index contributed by atoms with van der Waals surface area (Å²) in [6, 6.07) is 5.70. The van der Waals surface area contributed by atoms with Crippen LogP contribution in [-0.2, 0) is 0 Å². The summed E-state index contributed by atoms with van der Waals surface area (Å²) in [7, 11) is 0. The van der Waals surface area contributed by atoms with Gasteiger partial charge in [-0.25, -0.2) is 4.52 Å². The molecule has 15 heavy (non-hydrogen) atoms. The molecule has 0 unspecified atom stereocenters. The number of rotatable bonds is 1. The van der Waals surface area contributed by atoms with Gasteiger partial charge in [-0.05, 0) is 26.0 Å². The van der Waals surface area contributed by atoms with E-state index in [1.54, 1.807) is 11.4 Å². The summed E-state index contributed by atoms with van der Waals surface area (Å²) in [6.07, 6.45) is 1.84. The second-order valence-corrected chi connectivity index (χ2v) is 3.05. The molecule has 80 valence electrons. The van der Waals surface area contributed by atoms with Crippen LogP contribution < -0.4 is 0 Å². The number of fused-ring (bicyclic) bond motifs is 1. The highest BCUT2D eigenvalue weighted by molar-refractivity contribution is 6.01. The number of nitrogens with zero attached hydrogens (tertiary/aromatic N) is 2. The molecule has 0 aromatic carbocycles. The highest BCUT2D eigenvalue weighted by Gasteiger charge is 2.11. The van der Waals surface area contributed by atoms with Crippen LogP contribution in [-0.4, -0.2) is 15.4 Å². The van der Waals surface area contributed by atoms with E-state index in [-0.39, 0.29) is 5.78 Å². The van der Waals surface area contributed by atoms with Crippen molar-refractivity contribution in [2.45, 2.75) is 27.7 Å². The first-order chi connectivity index (χ1) is 7.20. The Labute approximate surface area is 89.7 Å². The Morgan fingerprint density at radius 3 is 2.60 bits per heavy atom. The molecule has 2 aromatic heterocycles. The van der Waals surface area contributed by atoms with E-state index < -0.39 is 0 Å². The van der Waals surface area contributed by atoms with Crippen LogP contribution >= 0.6 is 0 Å². The predicted molar refractivity (Wildman–Crippen MR) is 61.3 cm³/mol. The van der Waals surface area contributed by atoms with Crippen molar-refractivity contribution in [1.29, 1.82) is 0 Å². The quantitative estimate of drug-likeness (QED) is 0.669. The first kappa shape index (κ1) is 11.4. The van der Waals surface area contributed by atoms with Gasteiger partial charge in [0, 0.05) is 6.20 Å². The van der Waals surface area contributed by atoms with Crippen molar-refractivity contribution < 1.29 is 4.79 Å². The zero-order valence-corrected chi connectivity index (χ0v) is 9.61. The number of aromatic nitrogens is 2. The van der Waals surface area contributed by atoms with Gasteiger partial charge in [-0.1, -0.05) is 19.9 Å². The van der Waals surface area contributed by atoms with E-state index in [0.717, 1.165) is 16.8 Å². The Kier molecular flexibility index (Phi) is 3.61. The molecule has 0 radical (unpaired) electrons. The summed E-state index contributed by atoms with van der Waals surface area (Å²) in [5.74, 6) is 0.0682. The number of hydrogen-bond donors (Lipinski definition) is 0. The molecule has 2 heterocycles. The molecule has 0 amide bonds. The van der Waals surface area contributed by atoms with Crippen molar-refractivity contribution >= 4 is 11.3 Å². The summed E-state index contributed by atoms with van der Waals surface area (Å²) in [6.45, 7) is 7.42. The van der Waals surface area contributed by atoms with Gasteiger partial charge in [0.15, 0.2) is 5.78 Å². The second-order valence-electron chi connectivity index (χ2n) is 3.05. The number of ketones is 1. The van der Waals surface area contributed by atoms with Crippen molar-refractivity contribution in [2.24, 2.45) is 0 Å². The van der Waals surface area contributed by atoms with Crippen LogP contribution in [0.3, 0.4) is 0 Å². The minimum atomic E-state index is 0.0682. The largest absolute Gasteiger partial charge is 0.294 e. The third kappa shape index (κ3) is 2.06. The molecule has 0 N–H and O–H groups in total. The fraction of sp³-hybridized carbons (Fsp3) is 0.333. The summed E-state index contributed by atoms with van der Waals surface area (Å²) in [5.41, 5.74) is 2.40. The maximum Gasteiger partial charge on any atom is 0.163 e. The third-order valence-electron chi connectivity index (χ3n) is 2.07. The van der Waals surface area contributed by atoms with Crippen LogP contribution in [0.1, 0.15) is 36.8 Å². The molecule has 0 spiro atoms. The highest BCUT2D eigenvalue weighted by Crippen LogP contribution is 2.14. The van der Waals surface area contributed by atoms with Gasteiger partial charge >= 0.3 is 0 Å². The summed E-state index contributed by atoms with van der Waals surface area (Å²) >= 11 is 0. The van der Waals surface area contributed by atoms with E-state index in [0.29, 0.717) is 0 Å². The maximum atomic E-state index is 11.3. The van der Waals surface area contributed by atoms with Gasteiger partial charge in [-0.3, -0.25) is 4.79 Å². The lowest BCUT2D eigenvalue weighted by atomic mass is 10.1. The van der Waals surface area contributed by atoms with Crippen molar-refractivity contribution in [2.75, 3.05) is 0 Å². The second kappa shape index (κ2) is 4.73. The van der Waals surface area contributed by atoms with Crippen molar-refractivity contribution in [3.05, 3.63) is 35.7 Å². The average Bonchev–Trinajstić information content (AvgIpc) is 2.56. The Hall–Kier alpha value is -1.64. The van der Waals surface area contributed by atoms with Gasteiger partial charge in [-0.2, -0.15) is 5.10 Å². The molecule has 0 fully saturated rings. The number of pyridine rings is 1. The Morgan fingerprint density at radius 2 is 2.00 bits per heavy atom. The minimum absolute atomic E-state index is 0.0682. The van der Waals surface area contributed by atoms with Gasteiger partial charge in [0.25, 0.3) is 0 Å². The Bertz CT molecular complexity index is 471. The van der Waals surface area contributed by atoms with Crippen LogP contribution in [0.15, 0.2) is 24.4 Å². The van der Waals surface area contributed by atoms with Gasteiger partial charge in [0.1, 0.15) is 0 Å². The fourth-order valence-electron chi connectivity index (χ4n) is 1.55. The van der Waals surface area contributed by atoms with Crippen LogP contribution in [0.2, 0.25) is 0 Å². The van der Waals surface area contributed by atoms with Crippen molar-refractivity contribution in [3.8, 4) is 0 Å². The molecule has 0 aliphatic heterocycles. The molecular formula is C12H16N2O. The van der Waals surface area contributed by atoms with Crippen molar-refractivity contribution in [1.82, 2.24) is 9.61 Å². The van der Waals surface area contributed by atoms with Crippen molar-refractivity contribution in [3.63, 3.8) is 0 Å². The number of hydrogen-bond acceptors (Lipinski definition) is 2. The zero-order valence-electron chi connectivity index (χ0n) is 9.61. The molecule has 2 rings (SSSR count). The molecule has 0 aliphatic rings. The molecule has 0 bridgehead atoms. The average molecular weight is 204 g/mol. The SMILES string of the molecule is CC.CC(=O)c1c(C)nn2ccccc12. The van der Waals surface area contributed by atoms with Gasteiger partial charge in [0.2, 0.25) is 0 Å². The first-order valence-electron chi connectivity index (χ1n) is 5.15. The maximum absolute atomic E-state index is 11.3. The lowest BCUT2D eigenvalue weighted by Crippen LogP contribution is -1.92. The molecule has 0 saturated carbocycles.